The summed E-state index contributed by atoms with van der Waals surface area (Å²) in [6, 6.07) is 3.00. The largest absolute Gasteiger partial charge is 0.507 e. The Morgan fingerprint density at radius 3 is 2.85 bits per heavy atom. The van der Waals surface area contributed by atoms with Gasteiger partial charge in [-0.25, -0.2) is 9.37 Å². The van der Waals surface area contributed by atoms with E-state index >= 15 is 0 Å². The number of nitrogens with one attached hydrogen (secondary N) is 1. The van der Waals surface area contributed by atoms with Crippen LogP contribution in [-0.4, -0.2) is 27.1 Å². The van der Waals surface area contributed by atoms with Crippen molar-refractivity contribution in [2.75, 3.05) is 5.32 Å². The number of rotatable bonds is 4. The fourth-order valence-corrected chi connectivity index (χ4v) is 2.16. The van der Waals surface area contributed by atoms with Crippen LogP contribution in [0, 0.1) is 5.82 Å². The Balaban J connectivity index is 2.13. The molecule has 0 aliphatic carbocycles. The van der Waals surface area contributed by atoms with E-state index < -0.39 is 17.7 Å². The molecule has 0 aliphatic rings. The number of hydrogen-bond donors (Lipinski definition) is 3. The third-order valence-electron chi connectivity index (χ3n) is 2.31. The van der Waals surface area contributed by atoms with Crippen LogP contribution < -0.4 is 5.32 Å². The van der Waals surface area contributed by atoms with Crippen molar-refractivity contribution in [3.05, 3.63) is 40.7 Å². The number of benzene rings is 1. The van der Waals surface area contributed by atoms with E-state index in [0.29, 0.717) is 5.69 Å². The van der Waals surface area contributed by atoms with Crippen LogP contribution in [0.2, 0.25) is 0 Å². The molecule has 0 saturated carbocycles. The number of carboxylic acids is 1. The number of halogens is 1. The van der Waals surface area contributed by atoms with E-state index in [9.17, 15) is 19.1 Å². The number of aliphatic carboxylic acids is 1. The number of amides is 1. The first-order valence-electron chi connectivity index (χ1n) is 5.42. The summed E-state index contributed by atoms with van der Waals surface area (Å²) in [6.45, 7) is 0. The predicted molar refractivity (Wildman–Crippen MR) is 69.5 cm³/mol. The minimum atomic E-state index is -1.03. The van der Waals surface area contributed by atoms with Gasteiger partial charge in [0.05, 0.1) is 17.7 Å². The van der Waals surface area contributed by atoms with Gasteiger partial charge in [0.1, 0.15) is 11.6 Å². The lowest BCUT2D eigenvalue weighted by Gasteiger charge is -2.04. The standard InChI is InChI=1S/C12H9FN2O4S/c13-6-1-2-9(16)8(3-6)11(19)15-12-14-7(5-20-12)4-10(17)18/h1-3,5,16H,4H2,(H,17,18)(H,14,15,19). The first-order valence-corrected chi connectivity index (χ1v) is 6.29. The van der Waals surface area contributed by atoms with Gasteiger partial charge in [0.15, 0.2) is 5.13 Å². The van der Waals surface area contributed by atoms with Crippen LogP contribution in [0.5, 0.6) is 5.75 Å². The van der Waals surface area contributed by atoms with Crippen LogP contribution in [0.1, 0.15) is 16.1 Å². The molecule has 2 aromatic rings. The van der Waals surface area contributed by atoms with Gasteiger partial charge in [0.25, 0.3) is 5.91 Å². The summed E-state index contributed by atoms with van der Waals surface area (Å²) in [5.74, 6) is -2.76. The molecule has 1 aromatic carbocycles. The van der Waals surface area contributed by atoms with Gasteiger partial charge >= 0.3 is 5.97 Å². The normalized spacial score (nSPS) is 10.2. The maximum atomic E-state index is 13.0. The Morgan fingerprint density at radius 1 is 1.40 bits per heavy atom. The molecule has 0 spiro atoms. The molecule has 1 aromatic heterocycles. The van der Waals surface area contributed by atoms with Gasteiger partial charge in [-0.1, -0.05) is 0 Å². The summed E-state index contributed by atoms with van der Waals surface area (Å²) in [5.41, 5.74) is 0.0845. The first kappa shape index (κ1) is 13.9. The molecule has 1 heterocycles. The van der Waals surface area contributed by atoms with Gasteiger partial charge in [-0.3, -0.25) is 14.9 Å². The molecule has 0 atom stereocenters. The second kappa shape index (κ2) is 5.66. The van der Waals surface area contributed by atoms with Crippen molar-refractivity contribution in [1.29, 1.82) is 0 Å². The molecule has 0 aliphatic heterocycles. The van der Waals surface area contributed by atoms with Crippen LogP contribution in [0.3, 0.4) is 0 Å². The van der Waals surface area contributed by atoms with E-state index in [4.69, 9.17) is 5.11 Å². The third kappa shape index (κ3) is 3.29. The quantitative estimate of drug-likeness (QED) is 0.799. The van der Waals surface area contributed by atoms with E-state index in [2.05, 4.69) is 10.3 Å². The Labute approximate surface area is 116 Å². The second-order valence-electron chi connectivity index (χ2n) is 3.83. The number of nitrogens with zero attached hydrogens (tertiary/aromatic N) is 1. The van der Waals surface area contributed by atoms with Crippen molar-refractivity contribution >= 4 is 28.3 Å². The number of phenols is 1. The zero-order valence-electron chi connectivity index (χ0n) is 9.96. The van der Waals surface area contributed by atoms with Crippen molar-refractivity contribution < 1.29 is 24.2 Å². The summed E-state index contributed by atoms with van der Waals surface area (Å²) in [4.78, 5) is 26.2. The minimum Gasteiger partial charge on any atom is -0.507 e. The van der Waals surface area contributed by atoms with Crippen LogP contribution in [0.15, 0.2) is 23.6 Å². The maximum absolute atomic E-state index is 13.0. The number of carbonyl (C=O) groups excluding carboxylic acids is 1. The molecule has 1 amide bonds. The molecule has 0 fully saturated rings. The summed E-state index contributed by atoms with van der Waals surface area (Å²) < 4.78 is 13.0. The number of carbonyl (C=O) groups is 2. The van der Waals surface area contributed by atoms with E-state index in [-0.39, 0.29) is 22.9 Å². The number of phenolic OH excluding ortho intramolecular Hbond substituents is 1. The smallest absolute Gasteiger partial charge is 0.309 e. The summed E-state index contributed by atoms with van der Waals surface area (Å²) in [7, 11) is 0. The average molecular weight is 296 g/mol. The number of carboxylic acid groups (broad SMARTS) is 1. The Bertz CT molecular complexity index is 671. The molecule has 20 heavy (non-hydrogen) atoms. The van der Waals surface area contributed by atoms with Gasteiger partial charge in [0.2, 0.25) is 0 Å². The van der Waals surface area contributed by atoms with Crippen LogP contribution >= 0.6 is 11.3 Å². The molecule has 6 nitrogen and oxygen atoms in total. The predicted octanol–water partition coefficient (Wildman–Crippen LogP) is 1.87. The highest BCUT2D eigenvalue weighted by Gasteiger charge is 2.14. The second-order valence-corrected chi connectivity index (χ2v) is 4.69. The van der Waals surface area contributed by atoms with Crippen LogP contribution in [0.25, 0.3) is 0 Å². The zero-order valence-corrected chi connectivity index (χ0v) is 10.8. The van der Waals surface area contributed by atoms with Crippen molar-refractivity contribution in [3.63, 3.8) is 0 Å². The van der Waals surface area contributed by atoms with E-state index in [1.165, 1.54) is 5.38 Å². The fourth-order valence-electron chi connectivity index (χ4n) is 1.46. The molecule has 2 rings (SSSR count). The highest BCUT2D eigenvalue weighted by molar-refractivity contribution is 7.14. The molecule has 0 radical (unpaired) electrons. The molecule has 0 saturated heterocycles. The monoisotopic (exact) mass is 296 g/mol. The molecule has 3 N–H and O–H groups in total. The van der Waals surface area contributed by atoms with Crippen molar-refractivity contribution in [1.82, 2.24) is 4.98 Å². The molecule has 8 heteroatoms. The SMILES string of the molecule is O=C(O)Cc1csc(NC(=O)c2cc(F)ccc2O)n1. The average Bonchev–Trinajstić information content (AvgIpc) is 2.78. The lowest BCUT2D eigenvalue weighted by Crippen LogP contribution is -2.12. The zero-order chi connectivity index (χ0) is 14.7. The minimum absolute atomic E-state index is 0.176. The van der Waals surface area contributed by atoms with Crippen LogP contribution in [0.4, 0.5) is 9.52 Å². The summed E-state index contributed by atoms with van der Waals surface area (Å²) >= 11 is 1.04. The van der Waals surface area contributed by atoms with Gasteiger partial charge in [-0.05, 0) is 18.2 Å². The third-order valence-corrected chi connectivity index (χ3v) is 3.11. The number of thiazole rings is 1. The molecular formula is C12H9FN2O4S. The number of anilines is 1. The fraction of sp³-hybridized carbons (Fsp3) is 0.0833. The van der Waals surface area contributed by atoms with Gasteiger partial charge in [0, 0.05) is 5.38 Å². The van der Waals surface area contributed by atoms with E-state index in [0.717, 1.165) is 29.5 Å². The van der Waals surface area contributed by atoms with Gasteiger partial charge in [-0.15, -0.1) is 11.3 Å². The summed E-state index contributed by atoms with van der Waals surface area (Å²) in [5, 5.41) is 22.1. The number of aromatic hydroxyl groups is 1. The van der Waals surface area contributed by atoms with Crippen molar-refractivity contribution in [2.24, 2.45) is 0 Å². The topological polar surface area (TPSA) is 99.5 Å². The van der Waals surface area contributed by atoms with Crippen molar-refractivity contribution in [2.45, 2.75) is 6.42 Å². The Hall–Kier alpha value is -2.48. The van der Waals surface area contributed by atoms with E-state index in [1.54, 1.807) is 0 Å². The number of hydrogen-bond acceptors (Lipinski definition) is 5. The number of aromatic nitrogens is 1. The molecule has 0 bridgehead atoms. The molecule has 0 unspecified atom stereocenters. The van der Waals surface area contributed by atoms with Crippen LogP contribution in [-0.2, 0) is 11.2 Å². The van der Waals surface area contributed by atoms with Crippen molar-refractivity contribution in [3.8, 4) is 5.75 Å². The highest BCUT2D eigenvalue weighted by Crippen LogP contribution is 2.21. The maximum Gasteiger partial charge on any atom is 0.309 e. The molecule has 104 valence electrons. The lowest BCUT2D eigenvalue weighted by atomic mass is 10.2. The highest BCUT2D eigenvalue weighted by atomic mass is 32.1. The lowest BCUT2D eigenvalue weighted by molar-refractivity contribution is -0.136. The Morgan fingerprint density at radius 2 is 2.15 bits per heavy atom. The van der Waals surface area contributed by atoms with E-state index in [1.807, 2.05) is 0 Å². The van der Waals surface area contributed by atoms with Gasteiger partial charge < -0.3 is 10.2 Å². The molecular weight excluding hydrogens is 287 g/mol. The first-order chi connectivity index (χ1) is 9.45. The summed E-state index contributed by atoms with van der Waals surface area (Å²) in [6.07, 6.45) is -0.252. The Kier molecular flexibility index (Phi) is 3.94. The van der Waals surface area contributed by atoms with Gasteiger partial charge in [-0.2, -0.15) is 0 Å².